The lowest BCUT2D eigenvalue weighted by Crippen LogP contribution is -2.49. The molecule has 1 unspecified atom stereocenters. The van der Waals surface area contributed by atoms with Gasteiger partial charge in [-0.3, -0.25) is 13.7 Å². The Kier molecular flexibility index (Phi) is 6.40. The van der Waals surface area contributed by atoms with Gasteiger partial charge in [-0.1, -0.05) is 0 Å². The molecule has 240 valence electrons. The molecule has 4 aromatic heterocycles. The van der Waals surface area contributed by atoms with Crippen LogP contribution in [0.4, 0.5) is 16.0 Å². The van der Waals surface area contributed by atoms with E-state index in [0.717, 1.165) is 17.2 Å². The van der Waals surface area contributed by atoms with E-state index < -0.39 is 80.1 Å². The first kappa shape index (κ1) is 28.9. The minimum Gasteiger partial charge on any atom is -0.756 e. The highest BCUT2D eigenvalue weighted by atomic mass is 32.2. The number of ether oxygens (including phenoxy) is 2. The zero-order valence-corrected chi connectivity index (χ0v) is 23.9. The highest BCUT2D eigenvalue weighted by Crippen LogP contribution is 2.53. The van der Waals surface area contributed by atoms with Gasteiger partial charge in [-0.2, -0.15) is 18.0 Å². The first-order valence-corrected chi connectivity index (χ1v) is 15.8. The zero-order valence-electron chi connectivity index (χ0n) is 22.2. The summed E-state index contributed by atoms with van der Waals surface area (Å²) in [5.74, 6) is -2.22. The fraction of sp³-hybridized carbons (Fsp3) is 0.500. The standard InChI is InChI=1S/C20H21FN11O11PS/c21-8-11-7(38-18(8)31-5-28-9-14(22)24-3-26-16(9)31)1-30-45(35,36)42-13-12-19(32-6-29-10-15(23)25-4-27-17(10)32)39-20(13,43-40-12)2-37-44(33,34)41-11/h3-8,11-13,18-19,30H,1-2H2,(H,33,34)(H2,22,24,26)(H2,23,25,27)/p-1/t7-,8-,11-,12-,13+,18-,19-,20+/m1/s1. The van der Waals surface area contributed by atoms with Crippen molar-refractivity contribution in [3.05, 3.63) is 25.3 Å². The highest BCUT2D eigenvalue weighted by Gasteiger charge is 2.68. The normalized spacial score (nSPS) is 38.1. The Bertz CT molecular complexity index is 1980. The molecular formula is C20H20FN11O11PS-. The topological polar surface area (TPSA) is 290 Å². The SMILES string of the molecule is Nc1ncnc2c1ncn2[C@@H]1O[C@@H]2CNS(=O)(=O)O[C@H]3[C@H]4OO[C@]3(COP(=O)([O-])O[C@H]2[C@H]1F)O[C@H]4n1cnc2c(N)ncnc21. The number of alkyl halides is 1. The van der Waals surface area contributed by atoms with Crippen LogP contribution < -0.4 is 21.1 Å². The number of phosphoric ester groups is 1. The van der Waals surface area contributed by atoms with E-state index in [1.807, 2.05) is 0 Å². The van der Waals surface area contributed by atoms with E-state index in [9.17, 15) is 17.9 Å². The molecule has 25 heteroatoms. The van der Waals surface area contributed by atoms with Crippen molar-refractivity contribution in [2.45, 2.75) is 48.8 Å². The summed E-state index contributed by atoms with van der Waals surface area (Å²) in [5, 5.41) is 0. The van der Waals surface area contributed by atoms with Crippen molar-refractivity contribution >= 4 is 52.1 Å². The number of nitrogens with one attached hydrogen (secondary N) is 1. The summed E-state index contributed by atoms with van der Waals surface area (Å²) in [6.07, 6.45) is -6.65. The number of anilines is 2. The maximum absolute atomic E-state index is 15.9. The predicted octanol–water partition coefficient (Wildman–Crippen LogP) is -2.27. The molecule has 4 saturated heterocycles. The minimum atomic E-state index is -5.39. The van der Waals surface area contributed by atoms with Crippen LogP contribution in [-0.4, -0.2) is 97.0 Å². The molecule has 2 bridgehead atoms. The van der Waals surface area contributed by atoms with Crippen molar-refractivity contribution in [1.29, 1.82) is 0 Å². The van der Waals surface area contributed by atoms with E-state index in [1.54, 1.807) is 0 Å². The van der Waals surface area contributed by atoms with Crippen LogP contribution >= 0.6 is 7.82 Å². The Hall–Kier alpha value is -3.55. The number of phosphoric acid groups is 1. The summed E-state index contributed by atoms with van der Waals surface area (Å²) < 4.78 is 87.1. The number of nitrogen functional groups attached to an aromatic ring is 2. The lowest BCUT2D eigenvalue weighted by molar-refractivity contribution is -0.453. The average Bonchev–Trinajstić information content (AvgIpc) is 3.80. The number of aromatic nitrogens is 8. The Labute approximate surface area is 249 Å². The third-order valence-electron chi connectivity index (χ3n) is 7.59. The first-order chi connectivity index (χ1) is 21.5. The number of halogens is 1. The van der Waals surface area contributed by atoms with Gasteiger partial charge in [0.15, 0.2) is 53.8 Å². The molecule has 0 radical (unpaired) electrons. The van der Waals surface area contributed by atoms with Crippen LogP contribution in [0.1, 0.15) is 12.5 Å². The largest absolute Gasteiger partial charge is 0.756 e. The van der Waals surface area contributed by atoms with E-state index in [0.29, 0.717) is 0 Å². The summed E-state index contributed by atoms with van der Waals surface area (Å²) in [6, 6.07) is 0. The van der Waals surface area contributed by atoms with Crippen LogP contribution in [0.2, 0.25) is 0 Å². The monoisotopic (exact) mass is 672 g/mol. The fourth-order valence-corrected chi connectivity index (χ4v) is 7.46. The fourth-order valence-electron chi connectivity index (χ4n) is 5.55. The smallest absolute Gasteiger partial charge is 0.336 e. The number of nitrogens with zero attached hydrogens (tertiary/aromatic N) is 8. The maximum atomic E-state index is 15.9. The van der Waals surface area contributed by atoms with Crippen LogP contribution in [0, 0.1) is 0 Å². The number of fused-ring (bicyclic) bond motifs is 3. The number of hydrogen-bond donors (Lipinski definition) is 3. The summed E-state index contributed by atoms with van der Waals surface area (Å²) in [7, 11) is -10.1. The van der Waals surface area contributed by atoms with E-state index >= 15 is 4.39 Å². The lowest BCUT2D eigenvalue weighted by atomic mass is 10.1. The zero-order chi connectivity index (χ0) is 31.3. The molecule has 22 nitrogen and oxygen atoms in total. The summed E-state index contributed by atoms with van der Waals surface area (Å²) in [4.78, 5) is 47.6. The molecule has 4 fully saturated rings. The summed E-state index contributed by atoms with van der Waals surface area (Å²) in [5.41, 5.74) is 12.3. The maximum Gasteiger partial charge on any atom is 0.336 e. The molecule has 0 aliphatic carbocycles. The summed E-state index contributed by atoms with van der Waals surface area (Å²) >= 11 is 0. The molecule has 4 aliphatic heterocycles. The van der Waals surface area contributed by atoms with Gasteiger partial charge in [-0.25, -0.2) is 43.4 Å². The minimum absolute atomic E-state index is 0.00534. The van der Waals surface area contributed by atoms with Gasteiger partial charge in [0.05, 0.1) is 12.7 Å². The van der Waals surface area contributed by atoms with E-state index in [2.05, 4.69) is 34.6 Å². The van der Waals surface area contributed by atoms with Crippen molar-refractivity contribution in [2.75, 3.05) is 24.6 Å². The molecule has 9 atom stereocenters. The second-order valence-corrected chi connectivity index (χ2v) is 13.0. The van der Waals surface area contributed by atoms with Gasteiger partial charge in [0, 0.05) is 6.54 Å². The molecule has 0 aromatic carbocycles. The highest BCUT2D eigenvalue weighted by molar-refractivity contribution is 7.84. The van der Waals surface area contributed by atoms with E-state index in [-0.39, 0.29) is 34.0 Å². The molecule has 0 saturated carbocycles. The number of hydrogen-bond acceptors (Lipinski definition) is 19. The van der Waals surface area contributed by atoms with Crippen LogP contribution in [0.3, 0.4) is 0 Å². The van der Waals surface area contributed by atoms with Gasteiger partial charge in [-0.15, -0.1) is 0 Å². The van der Waals surface area contributed by atoms with E-state index in [1.165, 1.54) is 17.2 Å². The second kappa shape index (κ2) is 9.97. The summed E-state index contributed by atoms with van der Waals surface area (Å²) in [6.45, 7) is -1.74. The van der Waals surface area contributed by atoms with Gasteiger partial charge in [0.2, 0.25) is 0 Å². The predicted molar refractivity (Wildman–Crippen MR) is 137 cm³/mol. The van der Waals surface area contributed by atoms with Crippen LogP contribution in [0.25, 0.3) is 22.3 Å². The lowest BCUT2D eigenvalue weighted by Gasteiger charge is -2.34. The van der Waals surface area contributed by atoms with Gasteiger partial charge in [0.1, 0.15) is 42.5 Å². The van der Waals surface area contributed by atoms with Crippen molar-refractivity contribution in [3.63, 3.8) is 0 Å². The molecule has 45 heavy (non-hydrogen) atoms. The quantitative estimate of drug-likeness (QED) is 0.149. The van der Waals surface area contributed by atoms with Gasteiger partial charge in [-0.05, 0) is 0 Å². The Balaban J connectivity index is 1.10. The first-order valence-electron chi connectivity index (χ1n) is 12.9. The van der Waals surface area contributed by atoms with Crippen LogP contribution in [0.5, 0.6) is 0 Å². The van der Waals surface area contributed by atoms with Gasteiger partial charge < -0.3 is 34.9 Å². The molecule has 8 heterocycles. The van der Waals surface area contributed by atoms with Crippen molar-refractivity contribution in [1.82, 2.24) is 43.8 Å². The third kappa shape index (κ3) is 4.57. The van der Waals surface area contributed by atoms with Crippen molar-refractivity contribution in [3.8, 4) is 0 Å². The van der Waals surface area contributed by atoms with Crippen molar-refractivity contribution < 1.29 is 54.7 Å². The molecule has 4 aromatic rings. The molecule has 4 aliphatic rings. The molecular weight excluding hydrogens is 652 g/mol. The molecule has 0 spiro atoms. The third-order valence-corrected chi connectivity index (χ3v) is 9.52. The van der Waals surface area contributed by atoms with Gasteiger partial charge >= 0.3 is 10.3 Å². The van der Waals surface area contributed by atoms with Gasteiger partial charge in [0.25, 0.3) is 13.6 Å². The molecule has 5 N–H and O–H groups in total. The second-order valence-electron chi connectivity index (χ2n) is 10.2. The van der Waals surface area contributed by atoms with E-state index in [4.69, 9.17) is 43.9 Å². The Morgan fingerprint density at radius 3 is 2.31 bits per heavy atom. The number of nitrogens with two attached hydrogens (primary N) is 2. The Morgan fingerprint density at radius 1 is 1.00 bits per heavy atom. The average molecular weight is 672 g/mol. The number of imidazole rings is 2. The Morgan fingerprint density at radius 2 is 1.64 bits per heavy atom. The number of rotatable bonds is 2. The molecule has 8 rings (SSSR count). The van der Waals surface area contributed by atoms with Crippen LogP contribution in [-0.2, 0) is 47.3 Å². The van der Waals surface area contributed by atoms with Crippen LogP contribution in [0.15, 0.2) is 25.3 Å². The molecule has 0 amide bonds. The van der Waals surface area contributed by atoms with Crippen molar-refractivity contribution in [2.24, 2.45) is 0 Å².